The fourth-order valence-electron chi connectivity index (χ4n) is 2.29. The van der Waals surface area contributed by atoms with Gasteiger partial charge in [0.2, 0.25) is 0 Å². The topological polar surface area (TPSA) is 59.3 Å². The maximum absolute atomic E-state index is 12.2. The summed E-state index contributed by atoms with van der Waals surface area (Å²) in [5, 5.41) is 9.04. The molecular formula is C16H17NO3. The van der Waals surface area contributed by atoms with E-state index in [0.717, 1.165) is 22.4 Å². The summed E-state index contributed by atoms with van der Waals surface area (Å²) in [7, 11) is 0. The maximum Gasteiger partial charge on any atom is 0.341 e. The average Bonchev–Trinajstić information content (AvgIpc) is 2.36. The Bertz CT molecular complexity index is 709. The first-order valence-corrected chi connectivity index (χ1v) is 6.40. The van der Waals surface area contributed by atoms with Gasteiger partial charge in [0.15, 0.2) is 0 Å². The number of aryl methyl sites for hydroxylation is 3. The molecule has 1 aromatic heterocycles. The molecule has 2 rings (SSSR count). The second-order valence-electron chi connectivity index (χ2n) is 4.96. The number of benzene rings is 1. The van der Waals surface area contributed by atoms with Gasteiger partial charge in [0, 0.05) is 5.69 Å². The van der Waals surface area contributed by atoms with Crippen molar-refractivity contribution in [2.75, 3.05) is 0 Å². The largest absolute Gasteiger partial charge is 0.477 e. The molecule has 2 aromatic rings. The van der Waals surface area contributed by atoms with E-state index in [1.54, 1.807) is 13.0 Å². The fourth-order valence-corrected chi connectivity index (χ4v) is 2.29. The summed E-state index contributed by atoms with van der Waals surface area (Å²) in [5.74, 6) is -1.19. The highest BCUT2D eigenvalue weighted by molar-refractivity contribution is 5.87. The standard InChI is InChI=1S/C16H17NO3/c1-10-5-4-6-11(2)14(10)9-17-12(3)7-8-13(15(17)18)16(19)20/h4-8H,9H2,1-3H3,(H,19,20). The molecule has 0 amide bonds. The lowest BCUT2D eigenvalue weighted by molar-refractivity contribution is 0.0694. The number of hydrogen-bond acceptors (Lipinski definition) is 2. The van der Waals surface area contributed by atoms with Crippen LogP contribution in [-0.2, 0) is 6.54 Å². The zero-order valence-electron chi connectivity index (χ0n) is 11.8. The summed E-state index contributed by atoms with van der Waals surface area (Å²) in [6, 6.07) is 8.98. The second kappa shape index (κ2) is 5.33. The molecule has 0 saturated heterocycles. The zero-order chi connectivity index (χ0) is 14.9. The van der Waals surface area contributed by atoms with Gasteiger partial charge in [-0.15, -0.1) is 0 Å². The van der Waals surface area contributed by atoms with Crippen molar-refractivity contribution in [1.29, 1.82) is 0 Å². The van der Waals surface area contributed by atoms with Crippen LogP contribution in [0.15, 0.2) is 35.1 Å². The summed E-state index contributed by atoms with van der Waals surface area (Å²) < 4.78 is 1.51. The molecule has 1 aromatic carbocycles. The number of aromatic nitrogens is 1. The first-order valence-electron chi connectivity index (χ1n) is 6.40. The third-order valence-electron chi connectivity index (χ3n) is 3.58. The van der Waals surface area contributed by atoms with Gasteiger partial charge < -0.3 is 9.67 Å². The van der Waals surface area contributed by atoms with E-state index >= 15 is 0 Å². The molecule has 0 saturated carbocycles. The summed E-state index contributed by atoms with van der Waals surface area (Å²) in [5.41, 5.74) is 3.35. The minimum absolute atomic E-state index is 0.193. The van der Waals surface area contributed by atoms with Crippen molar-refractivity contribution in [3.63, 3.8) is 0 Å². The monoisotopic (exact) mass is 271 g/mol. The van der Waals surface area contributed by atoms with Gasteiger partial charge in [-0.3, -0.25) is 4.79 Å². The summed E-state index contributed by atoms with van der Waals surface area (Å²) >= 11 is 0. The van der Waals surface area contributed by atoms with Crippen molar-refractivity contribution in [2.45, 2.75) is 27.3 Å². The summed E-state index contributed by atoms with van der Waals surface area (Å²) in [6.07, 6.45) is 0. The molecule has 0 aliphatic carbocycles. The van der Waals surface area contributed by atoms with Crippen LogP contribution in [0.25, 0.3) is 0 Å². The van der Waals surface area contributed by atoms with Crippen LogP contribution >= 0.6 is 0 Å². The Morgan fingerprint density at radius 2 is 1.70 bits per heavy atom. The predicted molar refractivity (Wildman–Crippen MR) is 77.4 cm³/mol. The fraction of sp³-hybridized carbons (Fsp3) is 0.250. The Labute approximate surface area is 117 Å². The van der Waals surface area contributed by atoms with E-state index in [2.05, 4.69) is 0 Å². The van der Waals surface area contributed by atoms with Crippen LogP contribution in [0.2, 0.25) is 0 Å². The molecule has 1 N–H and O–H groups in total. The number of pyridine rings is 1. The number of carboxylic acid groups (broad SMARTS) is 1. The van der Waals surface area contributed by atoms with Gasteiger partial charge >= 0.3 is 5.97 Å². The highest BCUT2D eigenvalue weighted by Crippen LogP contribution is 2.15. The van der Waals surface area contributed by atoms with Crippen molar-refractivity contribution in [2.24, 2.45) is 0 Å². The second-order valence-corrected chi connectivity index (χ2v) is 4.96. The van der Waals surface area contributed by atoms with Gasteiger partial charge in [0.25, 0.3) is 5.56 Å². The first-order chi connectivity index (χ1) is 9.41. The Kier molecular flexibility index (Phi) is 3.74. The van der Waals surface area contributed by atoms with E-state index in [9.17, 15) is 9.59 Å². The van der Waals surface area contributed by atoms with Gasteiger partial charge in [-0.25, -0.2) is 4.79 Å². The molecular weight excluding hydrogens is 254 g/mol. The van der Waals surface area contributed by atoms with Crippen molar-refractivity contribution in [1.82, 2.24) is 4.57 Å². The van der Waals surface area contributed by atoms with Crippen molar-refractivity contribution in [3.8, 4) is 0 Å². The van der Waals surface area contributed by atoms with Crippen LogP contribution in [0.3, 0.4) is 0 Å². The van der Waals surface area contributed by atoms with Crippen molar-refractivity contribution < 1.29 is 9.90 Å². The molecule has 0 unspecified atom stereocenters. The van der Waals surface area contributed by atoms with E-state index in [0.29, 0.717) is 6.54 Å². The minimum Gasteiger partial charge on any atom is -0.477 e. The third-order valence-corrected chi connectivity index (χ3v) is 3.58. The SMILES string of the molecule is Cc1cccc(C)c1Cn1c(C)ccc(C(=O)O)c1=O. The van der Waals surface area contributed by atoms with Crippen LogP contribution in [0, 0.1) is 20.8 Å². The summed E-state index contributed by atoms with van der Waals surface area (Å²) in [4.78, 5) is 23.3. The molecule has 4 heteroatoms. The normalized spacial score (nSPS) is 10.6. The quantitative estimate of drug-likeness (QED) is 0.933. The molecule has 0 atom stereocenters. The van der Waals surface area contributed by atoms with Gasteiger partial charge in [0.1, 0.15) is 5.56 Å². The lowest BCUT2D eigenvalue weighted by Gasteiger charge is -2.14. The molecule has 0 bridgehead atoms. The Balaban J connectivity index is 2.57. The predicted octanol–water partition coefficient (Wildman–Crippen LogP) is 2.52. The lowest BCUT2D eigenvalue weighted by Crippen LogP contribution is -2.28. The smallest absolute Gasteiger partial charge is 0.341 e. The van der Waals surface area contributed by atoms with E-state index in [1.807, 2.05) is 32.0 Å². The lowest BCUT2D eigenvalue weighted by atomic mass is 10.0. The maximum atomic E-state index is 12.2. The number of rotatable bonds is 3. The van der Waals surface area contributed by atoms with E-state index < -0.39 is 11.5 Å². The molecule has 4 nitrogen and oxygen atoms in total. The number of carbonyl (C=O) groups is 1. The third kappa shape index (κ3) is 2.50. The molecule has 20 heavy (non-hydrogen) atoms. The van der Waals surface area contributed by atoms with Gasteiger partial charge in [-0.1, -0.05) is 18.2 Å². The summed E-state index contributed by atoms with van der Waals surface area (Å²) in [6.45, 7) is 6.18. The van der Waals surface area contributed by atoms with E-state index in [4.69, 9.17) is 5.11 Å². The van der Waals surface area contributed by atoms with E-state index in [1.165, 1.54) is 10.6 Å². The number of carboxylic acids is 1. The van der Waals surface area contributed by atoms with Crippen LogP contribution in [0.1, 0.15) is 32.7 Å². The Morgan fingerprint density at radius 3 is 2.25 bits per heavy atom. The minimum atomic E-state index is -1.19. The van der Waals surface area contributed by atoms with Crippen LogP contribution in [0.5, 0.6) is 0 Å². The molecule has 0 aliphatic rings. The number of nitrogens with zero attached hydrogens (tertiary/aromatic N) is 1. The molecule has 1 heterocycles. The van der Waals surface area contributed by atoms with Crippen molar-refractivity contribution >= 4 is 5.97 Å². The Hall–Kier alpha value is -2.36. The zero-order valence-corrected chi connectivity index (χ0v) is 11.8. The van der Waals surface area contributed by atoms with E-state index in [-0.39, 0.29) is 5.56 Å². The number of aromatic carboxylic acids is 1. The highest BCUT2D eigenvalue weighted by Gasteiger charge is 2.13. The van der Waals surface area contributed by atoms with Gasteiger partial charge in [0.05, 0.1) is 6.54 Å². The number of hydrogen-bond donors (Lipinski definition) is 1. The first kappa shape index (κ1) is 14.1. The molecule has 0 radical (unpaired) electrons. The highest BCUT2D eigenvalue weighted by atomic mass is 16.4. The van der Waals surface area contributed by atoms with Gasteiger partial charge in [-0.2, -0.15) is 0 Å². The van der Waals surface area contributed by atoms with Crippen LogP contribution < -0.4 is 5.56 Å². The molecule has 0 spiro atoms. The van der Waals surface area contributed by atoms with Crippen LogP contribution in [-0.4, -0.2) is 15.6 Å². The average molecular weight is 271 g/mol. The van der Waals surface area contributed by atoms with Gasteiger partial charge in [-0.05, 0) is 49.6 Å². The van der Waals surface area contributed by atoms with Crippen LogP contribution in [0.4, 0.5) is 0 Å². The van der Waals surface area contributed by atoms with Crippen molar-refractivity contribution in [3.05, 3.63) is 68.6 Å². The molecule has 0 aliphatic heterocycles. The molecule has 0 fully saturated rings. The molecule has 104 valence electrons. The Morgan fingerprint density at radius 1 is 1.10 bits per heavy atom.